The number of halogens is 1. The molecule has 1 atom stereocenters. The van der Waals surface area contributed by atoms with E-state index in [1.54, 1.807) is 0 Å². The summed E-state index contributed by atoms with van der Waals surface area (Å²) in [5, 5.41) is 16.5. The normalized spacial score (nSPS) is 24.1. The Morgan fingerprint density at radius 1 is 1.06 bits per heavy atom. The van der Waals surface area contributed by atoms with Crippen molar-refractivity contribution in [1.29, 1.82) is 0 Å². The van der Waals surface area contributed by atoms with Crippen LogP contribution in [0.4, 0.5) is 0 Å². The summed E-state index contributed by atoms with van der Waals surface area (Å²) in [5.41, 5.74) is 1.11. The van der Waals surface area contributed by atoms with E-state index in [2.05, 4.69) is 29.7 Å². The van der Waals surface area contributed by atoms with Gasteiger partial charge in [0, 0.05) is 50.3 Å². The predicted octanol–water partition coefficient (Wildman–Crippen LogP) is 2.43. The zero-order valence-corrected chi connectivity index (χ0v) is 21.2. The maximum Gasteiger partial charge on any atom is 0.231 e. The Labute approximate surface area is 207 Å². The molecule has 0 radical (unpaired) electrons. The molecule has 3 N–H and O–H groups in total. The number of fused-ring (bicyclic) bond motifs is 1. The molecule has 3 aliphatic heterocycles. The molecular formula is C23H36IN3O5. The zero-order chi connectivity index (χ0) is 21.6. The number of aliphatic hydroxyl groups excluding tert-OH is 1. The largest absolute Gasteiger partial charge is 0.454 e. The average Bonchev–Trinajstić information content (AvgIpc) is 3.46. The van der Waals surface area contributed by atoms with Crippen LogP contribution in [0.15, 0.2) is 23.2 Å². The molecule has 180 valence electrons. The lowest BCUT2D eigenvalue weighted by molar-refractivity contribution is 0.0513. The van der Waals surface area contributed by atoms with Crippen LogP contribution in [0, 0.1) is 5.41 Å². The Bertz CT molecular complexity index is 764. The third-order valence-electron chi connectivity index (χ3n) is 6.77. The first-order valence-corrected chi connectivity index (χ1v) is 11.4. The van der Waals surface area contributed by atoms with Crippen LogP contribution < -0.4 is 20.1 Å². The second-order valence-electron chi connectivity index (χ2n) is 8.79. The molecule has 8 nitrogen and oxygen atoms in total. The first-order valence-electron chi connectivity index (χ1n) is 11.4. The van der Waals surface area contributed by atoms with Crippen LogP contribution in [-0.2, 0) is 14.9 Å². The van der Waals surface area contributed by atoms with E-state index in [4.69, 9.17) is 23.9 Å². The monoisotopic (exact) mass is 561 g/mol. The van der Waals surface area contributed by atoms with Crippen LogP contribution in [0.5, 0.6) is 11.5 Å². The number of hydrogen-bond acceptors (Lipinski definition) is 6. The van der Waals surface area contributed by atoms with Gasteiger partial charge in [-0.1, -0.05) is 6.07 Å². The molecule has 32 heavy (non-hydrogen) atoms. The highest BCUT2D eigenvalue weighted by molar-refractivity contribution is 14.0. The summed E-state index contributed by atoms with van der Waals surface area (Å²) in [6, 6.07) is 6.27. The first kappa shape index (κ1) is 25.3. The minimum absolute atomic E-state index is 0. The van der Waals surface area contributed by atoms with E-state index in [9.17, 15) is 5.11 Å². The Morgan fingerprint density at radius 3 is 2.56 bits per heavy atom. The molecule has 2 fully saturated rings. The van der Waals surface area contributed by atoms with Crippen molar-refractivity contribution in [3.8, 4) is 11.5 Å². The molecule has 1 aromatic carbocycles. The van der Waals surface area contributed by atoms with Crippen LogP contribution >= 0.6 is 24.0 Å². The molecule has 0 amide bonds. The molecular weight excluding hydrogens is 525 g/mol. The summed E-state index contributed by atoms with van der Waals surface area (Å²) in [4.78, 5) is 4.88. The van der Waals surface area contributed by atoms with Crippen LogP contribution in [0.1, 0.15) is 38.2 Å². The molecule has 0 aromatic heterocycles. The van der Waals surface area contributed by atoms with E-state index in [0.717, 1.165) is 69.6 Å². The summed E-state index contributed by atoms with van der Waals surface area (Å²) in [6.45, 7) is 7.58. The number of guanidine groups is 1. The fourth-order valence-electron chi connectivity index (χ4n) is 4.69. The molecule has 4 rings (SSSR count). The van der Waals surface area contributed by atoms with E-state index in [0.29, 0.717) is 19.6 Å². The Kier molecular flexibility index (Phi) is 9.27. The van der Waals surface area contributed by atoms with Crippen molar-refractivity contribution < 1.29 is 24.1 Å². The van der Waals surface area contributed by atoms with Gasteiger partial charge in [-0.2, -0.15) is 0 Å². The molecule has 1 unspecified atom stereocenters. The SMILES string of the molecule is CCNC(=NCC1(CCO)CCOC1)NCC1(c2ccc3c(c2)OCO3)CCOCC1.I. The van der Waals surface area contributed by atoms with E-state index < -0.39 is 0 Å². The quantitative estimate of drug-likeness (QED) is 0.255. The molecule has 3 heterocycles. The van der Waals surface area contributed by atoms with Crippen molar-refractivity contribution in [1.82, 2.24) is 10.6 Å². The summed E-state index contributed by atoms with van der Waals surface area (Å²) in [7, 11) is 0. The highest BCUT2D eigenvalue weighted by Gasteiger charge is 2.37. The third-order valence-corrected chi connectivity index (χ3v) is 6.77. The van der Waals surface area contributed by atoms with Gasteiger partial charge in [-0.25, -0.2) is 0 Å². The number of ether oxygens (including phenoxy) is 4. The van der Waals surface area contributed by atoms with Gasteiger partial charge in [-0.3, -0.25) is 4.99 Å². The number of aliphatic imine (C=N–C) groups is 1. The molecule has 2 saturated heterocycles. The van der Waals surface area contributed by atoms with Crippen molar-refractivity contribution in [2.24, 2.45) is 10.4 Å². The van der Waals surface area contributed by atoms with Crippen molar-refractivity contribution in [3.63, 3.8) is 0 Å². The summed E-state index contributed by atoms with van der Waals surface area (Å²) < 4.78 is 22.4. The fraction of sp³-hybridized carbons (Fsp3) is 0.696. The fourth-order valence-corrected chi connectivity index (χ4v) is 4.69. The molecule has 3 aliphatic rings. The smallest absolute Gasteiger partial charge is 0.231 e. The van der Waals surface area contributed by atoms with Gasteiger partial charge >= 0.3 is 0 Å². The molecule has 0 saturated carbocycles. The number of nitrogens with one attached hydrogen (secondary N) is 2. The van der Waals surface area contributed by atoms with Crippen molar-refractivity contribution in [3.05, 3.63) is 23.8 Å². The maximum atomic E-state index is 9.49. The lowest BCUT2D eigenvalue weighted by Gasteiger charge is -2.38. The van der Waals surface area contributed by atoms with Gasteiger partial charge in [0.1, 0.15) is 0 Å². The summed E-state index contributed by atoms with van der Waals surface area (Å²) in [6.07, 6.45) is 3.52. The summed E-state index contributed by atoms with van der Waals surface area (Å²) >= 11 is 0. The minimum atomic E-state index is -0.0647. The molecule has 1 aromatic rings. The van der Waals surface area contributed by atoms with E-state index >= 15 is 0 Å². The Morgan fingerprint density at radius 2 is 1.84 bits per heavy atom. The van der Waals surface area contributed by atoms with E-state index in [1.807, 2.05) is 6.07 Å². The lowest BCUT2D eigenvalue weighted by atomic mass is 9.74. The van der Waals surface area contributed by atoms with Gasteiger partial charge in [-0.05, 0) is 50.3 Å². The Balaban J connectivity index is 0.00000289. The molecule has 9 heteroatoms. The number of benzene rings is 1. The second-order valence-corrected chi connectivity index (χ2v) is 8.79. The standard InChI is InChI=1S/C23H35N3O5.HI/c1-2-24-21(25-14-22(5-9-27)6-10-29-16-22)26-15-23(7-11-28-12-8-23)18-3-4-19-20(13-18)31-17-30-19;/h3-4,13,27H,2,5-12,14-17H2,1H3,(H2,24,25,26);1H. The number of hydrogen-bond donors (Lipinski definition) is 3. The van der Waals surface area contributed by atoms with Gasteiger partial charge < -0.3 is 34.7 Å². The predicted molar refractivity (Wildman–Crippen MR) is 133 cm³/mol. The Hall–Kier alpha value is -1.30. The molecule has 0 bridgehead atoms. The zero-order valence-electron chi connectivity index (χ0n) is 18.9. The number of nitrogens with zero attached hydrogens (tertiary/aromatic N) is 1. The number of rotatable bonds is 8. The second kappa shape index (κ2) is 11.7. The minimum Gasteiger partial charge on any atom is -0.454 e. The van der Waals surface area contributed by atoms with Crippen molar-refractivity contribution in [2.75, 3.05) is 59.5 Å². The van der Waals surface area contributed by atoms with Gasteiger partial charge in [0.25, 0.3) is 0 Å². The van der Waals surface area contributed by atoms with Crippen LogP contribution in [-0.4, -0.2) is 70.5 Å². The highest BCUT2D eigenvalue weighted by atomic mass is 127. The molecule has 0 spiro atoms. The number of aliphatic hydroxyl groups is 1. The lowest BCUT2D eigenvalue weighted by Crippen LogP contribution is -2.48. The van der Waals surface area contributed by atoms with Gasteiger partial charge in [0.05, 0.1) is 13.2 Å². The van der Waals surface area contributed by atoms with Crippen LogP contribution in [0.3, 0.4) is 0 Å². The summed E-state index contributed by atoms with van der Waals surface area (Å²) in [5.74, 6) is 2.43. The van der Waals surface area contributed by atoms with E-state index in [-0.39, 0.29) is 48.2 Å². The van der Waals surface area contributed by atoms with Crippen LogP contribution in [0.25, 0.3) is 0 Å². The van der Waals surface area contributed by atoms with Crippen LogP contribution in [0.2, 0.25) is 0 Å². The average molecular weight is 561 g/mol. The van der Waals surface area contributed by atoms with E-state index in [1.165, 1.54) is 5.56 Å². The maximum absolute atomic E-state index is 9.49. The topological polar surface area (TPSA) is 93.6 Å². The van der Waals surface area contributed by atoms with Gasteiger partial charge in [0.2, 0.25) is 6.79 Å². The van der Waals surface area contributed by atoms with Crippen molar-refractivity contribution in [2.45, 2.75) is 38.0 Å². The first-order chi connectivity index (χ1) is 15.2. The van der Waals surface area contributed by atoms with Crippen molar-refractivity contribution >= 4 is 29.9 Å². The van der Waals surface area contributed by atoms with Gasteiger partial charge in [0.15, 0.2) is 17.5 Å². The van der Waals surface area contributed by atoms with Gasteiger partial charge in [-0.15, -0.1) is 24.0 Å². The third kappa shape index (κ3) is 5.78. The highest BCUT2D eigenvalue weighted by Crippen LogP contribution is 2.40. The molecule has 0 aliphatic carbocycles.